The Hall–Kier alpha value is -5.03. The number of carbonyl (C=O) groups is 2. The van der Waals surface area contributed by atoms with Crippen LogP contribution in [0.4, 0.5) is 5.69 Å². The van der Waals surface area contributed by atoms with Gasteiger partial charge in [-0.2, -0.15) is 0 Å². The molecule has 0 bridgehead atoms. The van der Waals surface area contributed by atoms with Crippen molar-refractivity contribution in [2.45, 2.75) is 75.9 Å². The van der Waals surface area contributed by atoms with E-state index >= 15 is 0 Å². The number of ether oxygens (including phenoxy) is 3. The Morgan fingerprint density at radius 1 is 0.827 bits per heavy atom. The van der Waals surface area contributed by atoms with Crippen molar-refractivity contribution in [3.63, 3.8) is 0 Å². The van der Waals surface area contributed by atoms with Crippen molar-refractivity contribution in [2.75, 3.05) is 31.7 Å². The summed E-state index contributed by atoms with van der Waals surface area (Å²) in [4.78, 5) is 30.7. The van der Waals surface area contributed by atoms with Crippen LogP contribution in [0.25, 0.3) is 0 Å². The summed E-state index contributed by atoms with van der Waals surface area (Å²) in [5.74, 6) is 0.364. The van der Waals surface area contributed by atoms with Gasteiger partial charge in [0.25, 0.3) is 10.0 Å². The van der Waals surface area contributed by atoms with Gasteiger partial charge >= 0.3 is 0 Å². The monoisotopic (exact) mass is 727 g/mol. The summed E-state index contributed by atoms with van der Waals surface area (Å²) in [6, 6.07) is 27.3. The first-order valence-corrected chi connectivity index (χ1v) is 19.2. The van der Waals surface area contributed by atoms with Gasteiger partial charge in [-0.25, -0.2) is 8.42 Å². The minimum Gasteiger partial charge on any atom is -0.494 e. The molecule has 1 saturated carbocycles. The van der Waals surface area contributed by atoms with Crippen LogP contribution in [-0.4, -0.2) is 64.6 Å². The highest BCUT2D eigenvalue weighted by molar-refractivity contribution is 7.92. The van der Waals surface area contributed by atoms with Gasteiger partial charge in [0.1, 0.15) is 18.3 Å². The molecule has 11 heteroatoms. The predicted molar refractivity (Wildman–Crippen MR) is 202 cm³/mol. The largest absolute Gasteiger partial charge is 0.494 e. The molecule has 52 heavy (non-hydrogen) atoms. The van der Waals surface area contributed by atoms with Gasteiger partial charge in [0.15, 0.2) is 11.5 Å². The predicted octanol–water partition coefficient (Wildman–Crippen LogP) is 6.70. The Kier molecular flexibility index (Phi) is 13.2. The normalized spacial score (nSPS) is 13.8. The van der Waals surface area contributed by atoms with Crippen LogP contribution >= 0.6 is 0 Å². The molecular formula is C41H49N3O7S. The fraction of sp³-hybridized carbons (Fsp3) is 0.366. The molecule has 0 heterocycles. The van der Waals surface area contributed by atoms with E-state index in [4.69, 9.17) is 14.2 Å². The molecule has 0 unspecified atom stereocenters. The molecule has 0 aliphatic heterocycles. The number of sulfonamides is 1. The van der Waals surface area contributed by atoms with Gasteiger partial charge in [-0.05, 0) is 74.2 Å². The van der Waals surface area contributed by atoms with Gasteiger partial charge in [0.05, 0.1) is 31.4 Å². The van der Waals surface area contributed by atoms with E-state index in [0.717, 1.165) is 53.1 Å². The fourth-order valence-corrected chi connectivity index (χ4v) is 8.04. The molecule has 5 rings (SSSR count). The number of nitrogens with zero attached hydrogens (tertiary/aromatic N) is 2. The van der Waals surface area contributed by atoms with E-state index in [9.17, 15) is 18.0 Å². The van der Waals surface area contributed by atoms with Crippen molar-refractivity contribution in [3.8, 4) is 17.2 Å². The Bertz CT molecular complexity index is 1900. The summed E-state index contributed by atoms with van der Waals surface area (Å²) >= 11 is 0. The Morgan fingerprint density at radius 3 is 2.17 bits per heavy atom. The number of benzene rings is 4. The Balaban J connectivity index is 1.59. The molecular weight excluding hydrogens is 679 g/mol. The summed E-state index contributed by atoms with van der Waals surface area (Å²) in [5.41, 5.74) is 2.97. The second-order valence-corrected chi connectivity index (χ2v) is 14.9. The first-order chi connectivity index (χ1) is 25.1. The fourth-order valence-electron chi connectivity index (χ4n) is 6.61. The van der Waals surface area contributed by atoms with Crippen molar-refractivity contribution in [1.82, 2.24) is 10.2 Å². The first kappa shape index (κ1) is 38.2. The van der Waals surface area contributed by atoms with Crippen LogP contribution in [0.5, 0.6) is 17.2 Å². The van der Waals surface area contributed by atoms with Crippen molar-refractivity contribution < 1.29 is 32.2 Å². The zero-order chi connectivity index (χ0) is 37.1. The van der Waals surface area contributed by atoms with Gasteiger partial charge in [0.2, 0.25) is 11.8 Å². The van der Waals surface area contributed by atoms with Crippen molar-refractivity contribution in [2.24, 2.45) is 0 Å². The number of hydrogen-bond acceptors (Lipinski definition) is 7. The third kappa shape index (κ3) is 9.64. The smallest absolute Gasteiger partial charge is 0.264 e. The van der Waals surface area contributed by atoms with Crippen LogP contribution in [0.2, 0.25) is 0 Å². The molecule has 4 aromatic rings. The molecule has 2 amide bonds. The molecule has 10 nitrogen and oxygen atoms in total. The molecule has 1 fully saturated rings. The first-order valence-electron chi connectivity index (χ1n) is 17.8. The van der Waals surface area contributed by atoms with Gasteiger partial charge < -0.3 is 24.4 Å². The highest BCUT2D eigenvalue weighted by Gasteiger charge is 2.36. The number of methoxy groups -OCH3 is 2. The molecule has 1 atom stereocenters. The molecule has 0 spiro atoms. The lowest BCUT2D eigenvalue weighted by atomic mass is 9.94. The maximum atomic E-state index is 14.9. The molecule has 4 aromatic carbocycles. The standard InChI is InChI=1S/C41H49N3O7S/c1-5-51-35-21-19-34(20-22-35)44(52(47,48)36-23-24-38(49-3)39(27-36)50-4)29-40(45)43(28-32-16-12-13-30(2)25-32)37(26-31-14-8-6-9-15-31)41(46)42-33-17-10-7-11-18-33/h6,8-9,12-16,19-25,27,33,37H,5,7,10-11,17-18,26,28-29H2,1-4H3,(H,42,46)/t37-/m0/s1. The number of carbonyl (C=O) groups excluding carboxylic acids is 2. The summed E-state index contributed by atoms with van der Waals surface area (Å²) in [6.45, 7) is 3.79. The van der Waals surface area contributed by atoms with Crippen LogP contribution < -0.4 is 23.8 Å². The second-order valence-electron chi connectivity index (χ2n) is 13.0. The van der Waals surface area contributed by atoms with Crippen LogP contribution in [0.3, 0.4) is 0 Å². The minimum atomic E-state index is -4.36. The van der Waals surface area contributed by atoms with Gasteiger partial charge in [-0.3, -0.25) is 13.9 Å². The Labute approximate surface area is 307 Å². The highest BCUT2D eigenvalue weighted by Crippen LogP contribution is 2.33. The third-order valence-electron chi connectivity index (χ3n) is 9.32. The lowest BCUT2D eigenvalue weighted by Crippen LogP contribution is -2.55. The number of anilines is 1. The highest BCUT2D eigenvalue weighted by atomic mass is 32.2. The van der Waals surface area contributed by atoms with Crippen LogP contribution in [0.15, 0.2) is 102 Å². The molecule has 1 N–H and O–H groups in total. The van der Waals surface area contributed by atoms with E-state index in [1.54, 1.807) is 24.3 Å². The minimum absolute atomic E-state index is 0.0150. The SMILES string of the molecule is CCOc1ccc(N(CC(=O)N(Cc2cccc(C)c2)[C@@H](Cc2ccccc2)C(=O)NC2CCCCC2)S(=O)(=O)c2ccc(OC)c(OC)c2)cc1. The zero-order valence-corrected chi connectivity index (χ0v) is 31.2. The number of rotatable bonds is 16. The summed E-state index contributed by atoms with van der Waals surface area (Å²) in [6.07, 6.45) is 5.21. The molecule has 0 saturated heterocycles. The van der Waals surface area contributed by atoms with E-state index in [2.05, 4.69) is 5.32 Å². The van der Waals surface area contributed by atoms with Crippen molar-refractivity contribution in [1.29, 1.82) is 0 Å². The summed E-state index contributed by atoms with van der Waals surface area (Å²) in [5, 5.41) is 3.25. The van der Waals surface area contributed by atoms with Gasteiger partial charge in [0, 0.05) is 25.1 Å². The van der Waals surface area contributed by atoms with Crippen molar-refractivity contribution >= 4 is 27.5 Å². The maximum absolute atomic E-state index is 14.9. The third-order valence-corrected chi connectivity index (χ3v) is 11.1. The van der Waals surface area contributed by atoms with Gasteiger partial charge in [-0.1, -0.05) is 79.4 Å². The number of hydrogen-bond donors (Lipinski definition) is 1. The van der Waals surface area contributed by atoms with E-state index in [1.165, 1.54) is 37.3 Å². The average Bonchev–Trinajstić information content (AvgIpc) is 3.16. The van der Waals surface area contributed by atoms with Crippen LogP contribution in [0, 0.1) is 6.92 Å². The maximum Gasteiger partial charge on any atom is 0.264 e. The quantitative estimate of drug-likeness (QED) is 0.137. The van der Waals surface area contributed by atoms with E-state index < -0.39 is 28.5 Å². The topological polar surface area (TPSA) is 114 Å². The summed E-state index contributed by atoms with van der Waals surface area (Å²) < 4.78 is 46.6. The van der Waals surface area contributed by atoms with Crippen LogP contribution in [-0.2, 0) is 32.6 Å². The van der Waals surface area contributed by atoms with E-state index in [0.29, 0.717) is 18.1 Å². The number of amides is 2. The van der Waals surface area contributed by atoms with Gasteiger partial charge in [-0.15, -0.1) is 0 Å². The average molecular weight is 728 g/mol. The molecule has 1 aliphatic rings. The lowest BCUT2D eigenvalue weighted by Gasteiger charge is -2.35. The number of nitrogens with one attached hydrogen (secondary N) is 1. The molecule has 0 aromatic heterocycles. The second kappa shape index (κ2) is 17.9. The lowest BCUT2D eigenvalue weighted by molar-refractivity contribution is -0.140. The zero-order valence-electron chi connectivity index (χ0n) is 30.4. The van der Waals surface area contributed by atoms with Crippen LogP contribution in [0.1, 0.15) is 55.7 Å². The van der Waals surface area contributed by atoms with E-state index in [1.807, 2.05) is 68.4 Å². The summed E-state index contributed by atoms with van der Waals surface area (Å²) in [7, 11) is -1.47. The Morgan fingerprint density at radius 2 is 1.52 bits per heavy atom. The molecule has 276 valence electrons. The van der Waals surface area contributed by atoms with E-state index in [-0.39, 0.29) is 41.2 Å². The number of aryl methyl sites for hydroxylation is 1. The molecule has 1 aliphatic carbocycles. The molecule has 0 radical (unpaired) electrons. The van der Waals surface area contributed by atoms with Crippen molar-refractivity contribution in [3.05, 3.63) is 114 Å².